The molecule has 184 valence electrons. The van der Waals surface area contributed by atoms with Gasteiger partial charge in [0.15, 0.2) is 0 Å². The van der Waals surface area contributed by atoms with Crippen LogP contribution < -0.4 is 0 Å². The molecule has 0 radical (unpaired) electrons. The molecule has 0 bridgehead atoms. The Morgan fingerprint density at radius 2 is 0.865 bits per heavy atom. The van der Waals surface area contributed by atoms with Crippen molar-refractivity contribution in [1.29, 1.82) is 0 Å². The van der Waals surface area contributed by atoms with Crippen LogP contribution in [0.3, 0.4) is 0 Å². The molecule has 5 rings (SSSR count). The number of benzene rings is 5. The van der Waals surface area contributed by atoms with Gasteiger partial charge in [0.05, 0.1) is 5.41 Å². The molecular formula is C34H30O3. The van der Waals surface area contributed by atoms with Crippen LogP contribution in [0.5, 0.6) is 17.2 Å². The van der Waals surface area contributed by atoms with E-state index in [1.165, 1.54) is 11.1 Å². The van der Waals surface area contributed by atoms with Crippen LogP contribution >= 0.6 is 0 Å². The molecule has 0 aliphatic rings. The predicted molar refractivity (Wildman–Crippen MR) is 148 cm³/mol. The average molecular weight is 487 g/mol. The summed E-state index contributed by atoms with van der Waals surface area (Å²) in [7, 11) is 0. The van der Waals surface area contributed by atoms with Crippen molar-refractivity contribution < 1.29 is 15.3 Å². The monoisotopic (exact) mass is 486 g/mol. The number of hydrogen-bond donors (Lipinski definition) is 3. The zero-order chi connectivity index (χ0) is 25.8. The quantitative estimate of drug-likeness (QED) is 0.208. The van der Waals surface area contributed by atoms with Gasteiger partial charge in [0, 0.05) is 0 Å². The van der Waals surface area contributed by atoms with Crippen LogP contribution in [-0.2, 0) is 11.8 Å². The number of phenolic OH excluding ortho intramolecular Hbond substituents is 3. The second-order valence-electron chi connectivity index (χ2n) is 9.60. The highest BCUT2D eigenvalue weighted by Crippen LogP contribution is 2.46. The van der Waals surface area contributed by atoms with Crippen molar-refractivity contribution in [3.05, 3.63) is 161 Å². The number of aromatic hydroxyl groups is 3. The minimum Gasteiger partial charge on any atom is -0.508 e. The third-order valence-corrected chi connectivity index (χ3v) is 7.20. The lowest BCUT2D eigenvalue weighted by Gasteiger charge is -2.37. The van der Waals surface area contributed by atoms with Crippen molar-refractivity contribution in [2.75, 3.05) is 0 Å². The second kappa shape index (κ2) is 10.2. The van der Waals surface area contributed by atoms with E-state index in [1.54, 1.807) is 36.4 Å². The van der Waals surface area contributed by atoms with Crippen LogP contribution in [0.2, 0.25) is 0 Å². The zero-order valence-electron chi connectivity index (χ0n) is 20.8. The predicted octanol–water partition coefficient (Wildman–Crippen LogP) is 7.53. The number of phenols is 3. The molecule has 5 aromatic rings. The van der Waals surface area contributed by atoms with Gasteiger partial charge in [-0.25, -0.2) is 0 Å². The van der Waals surface area contributed by atoms with E-state index in [-0.39, 0.29) is 17.2 Å². The highest BCUT2D eigenvalue weighted by atomic mass is 16.3. The van der Waals surface area contributed by atoms with Gasteiger partial charge in [0.25, 0.3) is 0 Å². The van der Waals surface area contributed by atoms with Gasteiger partial charge < -0.3 is 15.3 Å². The standard InChI is InChI=1S/C34H30O3/c1-24(26-9-17-31(35)18-10-26)23-25-7-11-28(12-8-25)34(27-5-3-2-4-6-27,29-13-19-32(36)20-14-29)30-15-21-33(37)22-16-30/h2-22,24,35-37H,23H2,1H3. The molecule has 0 saturated heterocycles. The molecule has 3 N–H and O–H groups in total. The molecule has 0 aromatic heterocycles. The Labute approximate surface area is 218 Å². The molecule has 0 aliphatic heterocycles. The summed E-state index contributed by atoms with van der Waals surface area (Å²) in [5.74, 6) is 1.02. The van der Waals surface area contributed by atoms with E-state index in [1.807, 2.05) is 54.6 Å². The van der Waals surface area contributed by atoms with Crippen molar-refractivity contribution >= 4 is 0 Å². The van der Waals surface area contributed by atoms with Crippen molar-refractivity contribution in [2.24, 2.45) is 0 Å². The summed E-state index contributed by atoms with van der Waals surface area (Å²) in [4.78, 5) is 0. The van der Waals surface area contributed by atoms with Gasteiger partial charge in [-0.1, -0.05) is 97.9 Å². The van der Waals surface area contributed by atoms with E-state index < -0.39 is 5.41 Å². The largest absolute Gasteiger partial charge is 0.508 e. The van der Waals surface area contributed by atoms with E-state index in [0.717, 1.165) is 28.7 Å². The van der Waals surface area contributed by atoms with E-state index >= 15 is 0 Å². The summed E-state index contributed by atoms with van der Waals surface area (Å²) in [6.45, 7) is 2.20. The topological polar surface area (TPSA) is 60.7 Å². The summed E-state index contributed by atoms with van der Waals surface area (Å²) in [5.41, 5.74) is 5.99. The first-order valence-corrected chi connectivity index (χ1v) is 12.5. The number of rotatable bonds is 7. The normalized spacial score (nSPS) is 12.2. The first-order chi connectivity index (χ1) is 18.0. The van der Waals surface area contributed by atoms with Crippen molar-refractivity contribution in [3.8, 4) is 17.2 Å². The maximum Gasteiger partial charge on any atom is 0.115 e. The molecule has 0 amide bonds. The van der Waals surface area contributed by atoms with Crippen LogP contribution in [-0.4, -0.2) is 15.3 Å². The van der Waals surface area contributed by atoms with Gasteiger partial charge in [0.1, 0.15) is 17.2 Å². The van der Waals surface area contributed by atoms with Gasteiger partial charge in [0.2, 0.25) is 0 Å². The van der Waals surface area contributed by atoms with Gasteiger partial charge in [-0.15, -0.1) is 0 Å². The third kappa shape index (κ3) is 4.81. The maximum absolute atomic E-state index is 10.1. The lowest BCUT2D eigenvalue weighted by molar-refractivity contribution is 0.474. The minimum absolute atomic E-state index is 0.218. The summed E-state index contributed by atoms with van der Waals surface area (Å²) in [5, 5.41) is 29.7. The lowest BCUT2D eigenvalue weighted by atomic mass is 9.65. The summed E-state index contributed by atoms with van der Waals surface area (Å²) >= 11 is 0. The first-order valence-electron chi connectivity index (χ1n) is 12.5. The lowest BCUT2D eigenvalue weighted by Crippen LogP contribution is -2.31. The fourth-order valence-corrected chi connectivity index (χ4v) is 5.28. The van der Waals surface area contributed by atoms with E-state index in [9.17, 15) is 15.3 Å². The van der Waals surface area contributed by atoms with Crippen LogP contribution in [0.15, 0.2) is 127 Å². The SMILES string of the molecule is CC(Cc1ccc(C(c2ccccc2)(c2ccc(O)cc2)c2ccc(O)cc2)cc1)c1ccc(O)cc1. The van der Waals surface area contributed by atoms with Crippen LogP contribution in [0.1, 0.15) is 46.2 Å². The summed E-state index contributed by atoms with van der Waals surface area (Å²) in [6, 6.07) is 41.3. The average Bonchev–Trinajstić information content (AvgIpc) is 2.93. The molecule has 3 heteroatoms. The molecule has 3 nitrogen and oxygen atoms in total. The van der Waals surface area contributed by atoms with Crippen LogP contribution in [0.25, 0.3) is 0 Å². The maximum atomic E-state index is 10.1. The molecule has 0 spiro atoms. The molecule has 5 aromatic carbocycles. The fraction of sp³-hybridized carbons (Fsp3) is 0.118. The fourth-order valence-electron chi connectivity index (χ4n) is 5.28. The molecule has 1 atom stereocenters. The van der Waals surface area contributed by atoms with Crippen molar-refractivity contribution in [3.63, 3.8) is 0 Å². The van der Waals surface area contributed by atoms with E-state index in [0.29, 0.717) is 5.92 Å². The Hall–Kier alpha value is -4.50. The Morgan fingerprint density at radius 3 is 1.32 bits per heavy atom. The van der Waals surface area contributed by atoms with Gasteiger partial charge in [-0.05, 0) is 82.1 Å². The smallest absolute Gasteiger partial charge is 0.115 e. The summed E-state index contributed by atoms with van der Waals surface area (Å²) < 4.78 is 0. The minimum atomic E-state index is -0.649. The van der Waals surface area contributed by atoms with E-state index in [4.69, 9.17) is 0 Å². The third-order valence-electron chi connectivity index (χ3n) is 7.20. The molecule has 0 heterocycles. The van der Waals surface area contributed by atoms with Crippen molar-refractivity contribution in [2.45, 2.75) is 24.7 Å². The molecular weight excluding hydrogens is 456 g/mol. The molecule has 0 saturated carbocycles. The molecule has 1 unspecified atom stereocenters. The van der Waals surface area contributed by atoms with Gasteiger partial charge >= 0.3 is 0 Å². The summed E-state index contributed by atoms with van der Waals surface area (Å²) in [6.07, 6.45) is 0.877. The van der Waals surface area contributed by atoms with Gasteiger partial charge in [-0.3, -0.25) is 0 Å². The molecule has 0 aliphatic carbocycles. The highest BCUT2D eigenvalue weighted by Gasteiger charge is 2.38. The Morgan fingerprint density at radius 1 is 0.486 bits per heavy atom. The van der Waals surface area contributed by atoms with Crippen LogP contribution in [0.4, 0.5) is 0 Å². The molecule has 0 fully saturated rings. The Kier molecular flexibility index (Phi) is 6.70. The Balaban J connectivity index is 1.63. The number of hydrogen-bond acceptors (Lipinski definition) is 3. The zero-order valence-corrected chi connectivity index (χ0v) is 20.8. The second-order valence-corrected chi connectivity index (χ2v) is 9.60. The van der Waals surface area contributed by atoms with E-state index in [2.05, 4.69) is 43.3 Å². The Bertz CT molecular complexity index is 1390. The highest BCUT2D eigenvalue weighted by molar-refractivity contribution is 5.60. The van der Waals surface area contributed by atoms with Crippen LogP contribution in [0, 0.1) is 0 Å². The first kappa shape index (κ1) is 24.2. The van der Waals surface area contributed by atoms with Gasteiger partial charge in [-0.2, -0.15) is 0 Å². The van der Waals surface area contributed by atoms with Crippen molar-refractivity contribution in [1.82, 2.24) is 0 Å². The molecule has 37 heavy (non-hydrogen) atoms.